The van der Waals surface area contributed by atoms with Gasteiger partial charge in [0.05, 0.1) is 0 Å². The Kier molecular flexibility index (Phi) is 3.95. The molecule has 0 aromatic carbocycles. The van der Waals surface area contributed by atoms with Crippen molar-refractivity contribution in [2.75, 3.05) is 0 Å². The molecule has 0 saturated carbocycles. The van der Waals surface area contributed by atoms with Crippen LogP contribution in [-0.4, -0.2) is 5.78 Å². The molecule has 1 rings (SSSR count). The van der Waals surface area contributed by atoms with Gasteiger partial charge in [-0.2, -0.15) is 0 Å². The van der Waals surface area contributed by atoms with Crippen LogP contribution < -0.4 is 0 Å². The monoisotopic (exact) mass is 349 g/mol. The SMILES string of the molecule is CC1=C(C)C(=O)CC(C)(C)C1.[Au]. The first kappa shape index (κ1) is 12.2. The van der Waals surface area contributed by atoms with Crippen LogP contribution in [-0.2, 0) is 27.2 Å². The molecule has 12 heavy (non-hydrogen) atoms. The molecule has 0 atom stereocenters. The summed E-state index contributed by atoms with van der Waals surface area (Å²) in [6.45, 7) is 8.31. The van der Waals surface area contributed by atoms with E-state index in [1.807, 2.05) is 6.92 Å². The molecular formula is C10H16AuO. The van der Waals surface area contributed by atoms with Crippen LogP contribution >= 0.6 is 0 Å². The Balaban J connectivity index is 0.00000121. The first-order valence-corrected chi connectivity index (χ1v) is 4.12. The second-order valence-electron chi connectivity index (χ2n) is 4.35. The van der Waals surface area contributed by atoms with Crippen LogP contribution in [0.5, 0.6) is 0 Å². The van der Waals surface area contributed by atoms with Gasteiger partial charge in [-0.15, -0.1) is 0 Å². The van der Waals surface area contributed by atoms with Crippen LogP contribution in [0.3, 0.4) is 0 Å². The molecule has 0 spiro atoms. The Hall–Kier alpha value is 0.150. The predicted octanol–water partition coefficient (Wildman–Crippen LogP) is 2.71. The predicted molar refractivity (Wildman–Crippen MR) is 46.4 cm³/mol. The summed E-state index contributed by atoms with van der Waals surface area (Å²) in [6.07, 6.45) is 1.79. The van der Waals surface area contributed by atoms with Crippen LogP contribution in [0.1, 0.15) is 40.5 Å². The molecule has 0 aromatic heterocycles. The minimum absolute atomic E-state index is 0. The maximum atomic E-state index is 11.4. The van der Waals surface area contributed by atoms with Crippen LogP contribution in [0.25, 0.3) is 0 Å². The number of allylic oxidation sites excluding steroid dienone is 2. The van der Waals surface area contributed by atoms with Gasteiger partial charge in [0.15, 0.2) is 5.78 Å². The van der Waals surface area contributed by atoms with Gasteiger partial charge in [-0.1, -0.05) is 19.4 Å². The second kappa shape index (κ2) is 3.91. The maximum Gasteiger partial charge on any atom is 0.159 e. The van der Waals surface area contributed by atoms with Gasteiger partial charge in [-0.3, -0.25) is 4.79 Å². The van der Waals surface area contributed by atoms with E-state index >= 15 is 0 Å². The molecule has 0 bridgehead atoms. The fraction of sp³-hybridized carbons (Fsp3) is 0.700. The first-order valence-electron chi connectivity index (χ1n) is 4.12. The average Bonchev–Trinajstić information content (AvgIpc) is 1.81. The van der Waals surface area contributed by atoms with E-state index in [2.05, 4.69) is 20.8 Å². The molecule has 0 fully saturated rings. The van der Waals surface area contributed by atoms with Crippen molar-refractivity contribution < 1.29 is 27.2 Å². The summed E-state index contributed by atoms with van der Waals surface area (Å²) < 4.78 is 0. The Morgan fingerprint density at radius 2 is 1.67 bits per heavy atom. The minimum atomic E-state index is 0. The van der Waals surface area contributed by atoms with E-state index in [0.717, 1.165) is 18.4 Å². The summed E-state index contributed by atoms with van der Waals surface area (Å²) in [5.41, 5.74) is 2.45. The van der Waals surface area contributed by atoms with Gasteiger partial charge in [-0.05, 0) is 31.3 Å². The van der Waals surface area contributed by atoms with Gasteiger partial charge in [0.2, 0.25) is 0 Å². The molecule has 1 radical (unpaired) electrons. The van der Waals surface area contributed by atoms with E-state index in [1.165, 1.54) is 5.57 Å². The molecule has 0 heterocycles. The summed E-state index contributed by atoms with van der Waals surface area (Å²) in [4.78, 5) is 11.4. The van der Waals surface area contributed by atoms with Crippen LogP contribution in [0, 0.1) is 5.41 Å². The molecule has 0 saturated heterocycles. The number of hydrogen-bond acceptors (Lipinski definition) is 1. The number of hydrogen-bond donors (Lipinski definition) is 0. The van der Waals surface area contributed by atoms with Crippen LogP contribution in [0.2, 0.25) is 0 Å². The quantitative estimate of drug-likeness (QED) is 0.615. The van der Waals surface area contributed by atoms with Crippen LogP contribution in [0.4, 0.5) is 0 Å². The maximum absolute atomic E-state index is 11.4. The van der Waals surface area contributed by atoms with Gasteiger partial charge in [-0.25, -0.2) is 0 Å². The molecule has 1 nitrogen and oxygen atoms in total. The second-order valence-corrected chi connectivity index (χ2v) is 4.35. The zero-order valence-electron chi connectivity index (χ0n) is 8.12. The smallest absolute Gasteiger partial charge is 0.159 e. The Morgan fingerprint density at radius 1 is 1.17 bits per heavy atom. The van der Waals surface area contributed by atoms with E-state index < -0.39 is 0 Å². The third-order valence-electron chi connectivity index (χ3n) is 2.44. The molecule has 0 amide bonds. The normalized spacial score (nSPS) is 22.2. The third-order valence-corrected chi connectivity index (χ3v) is 2.44. The van der Waals surface area contributed by atoms with E-state index in [1.54, 1.807) is 0 Å². The zero-order valence-corrected chi connectivity index (χ0v) is 10.3. The summed E-state index contributed by atoms with van der Waals surface area (Å²) in [6, 6.07) is 0. The Morgan fingerprint density at radius 3 is 2.08 bits per heavy atom. The summed E-state index contributed by atoms with van der Waals surface area (Å²) >= 11 is 0. The van der Waals surface area contributed by atoms with Gasteiger partial charge in [0.25, 0.3) is 0 Å². The van der Waals surface area contributed by atoms with Crippen molar-refractivity contribution in [2.24, 2.45) is 5.41 Å². The first-order chi connectivity index (χ1) is 4.92. The van der Waals surface area contributed by atoms with Crippen molar-refractivity contribution in [3.63, 3.8) is 0 Å². The van der Waals surface area contributed by atoms with Gasteiger partial charge in [0, 0.05) is 28.8 Å². The fourth-order valence-corrected chi connectivity index (χ4v) is 1.72. The summed E-state index contributed by atoms with van der Waals surface area (Å²) in [5, 5.41) is 0. The summed E-state index contributed by atoms with van der Waals surface area (Å²) in [5.74, 6) is 0.332. The largest absolute Gasteiger partial charge is 0.295 e. The molecule has 0 N–H and O–H groups in total. The number of ketones is 1. The van der Waals surface area contributed by atoms with Crippen molar-refractivity contribution in [1.29, 1.82) is 0 Å². The average molecular weight is 349 g/mol. The van der Waals surface area contributed by atoms with Crippen molar-refractivity contribution in [1.82, 2.24) is 0 Å². The van der Waals surface area contributed by atoms with Crippen LogP contribution in [0.15, 0.2) is 11.1 Å². The van der Waals surface area contributed by atoms with Crippen molar-refractivity contribution in [3.05, 3.63) is 11.1 Å². The zero-order chi connectivity index (χ0) is 8.65. The topological polar surface area (TPSA) is 17.1 Å². The number of Topliss-reactive ketones (excluding diaryl/α,β-unsaturated/α-hetero) is 1. The molecule has 1 aliphatic carbocycles. The standard InChI is InChI=1S/C10H16O.Au/c1-7-5-10(3,4)6-9(11)8(7)2;/h5-6H2,1-4H3;. The minimum Gasteiger partial charge on any atom is -0.295 e. The summed E-state index contributed by atoms with van der Waals surface area (Å²) in [7, 11) is 0. The van der Waals surface area contributed by atoms with Gasteiger partial charge in [0.1, 0.15) is 0 Å². The number of carbonyl (C=O) groups is 1. The molecular weight excluding hydrogens is 333 g/mol. The molecule has 0 aliphatic heterocycles. The third kappa shape index (κ3) is 2.58. The van der Waals surface area contributed by atoms with Gasteiger partial charge >= 0.3 is 0 Å². The number of rotatable bonds is 0. The number of carbonyl (C=O) groups excluding carboxylic acids is 1. The molecule has 73 valence electrons. The Labute approximate surface area is 90.1 Å². The molecule has 0 unspecified atom stereocenters. The van der Waals surface area contributed by atoms with E-state index in [4.69, 9.17) is 0 Å². The van der Waals surface area contributed by atoms with Crippen molar-refractivity contribution in [2.45, 2.75) is 40.5 Å². The van der Waals surface area contributed by atoms with E-state index in [0.29, 0.717) is 5.78 Å². The molecule has 1 aliphatic rings. The van der Waals surface area contributed by atoms with E-state index in [-0.39, 0.29) is 27.8 Å². The molecule has 2 heteroatoms. The van der Waals surface area contributed by atoms with Crippen molar-refractivity contribution >= 4 is 5.78 Å². The Bertz CT molecular complexity index is 226. The van der Waals surface area contributed by atoms with Crippen molar-refractivity contribution in [3.8, 4) is 0 Å². The molecule has 0 aromatic rings. The fourth-order valence-electron chi connectivity index (χ4n) is 1.72. The van der Waals surface area contributed by atoms with E-state index in [9.17, 15) is 4.79 Å². The van der Waals surface area contributed by atoms with Gasteiger partial charge < -0.3 is 0 Å².